The van der Waals surface area contributed by atoms with Gasteiger partial charge in [-0.05, 0) is 55.8 Å². The fraction of sp³-hybridized carbons (Fsp3) is 0.154. The molecule has 4 aromatic rings. The number of rotatable bonds is 8. The van der Waals surface area contributed by atoms with Crippen LogP contribution in [0.5, 0.6) is 5.75 Å². The number of hydrogen-bond acceptors (Lipinski definition) is 5. The fourth-order valence-corrected chi connectivity index (χ4v) is 3.87. The lowest BCUT2D eigenvalue weighted by Gasteiger charge is -2.09. The van der Waals surface area contributed by atoms with Gasteiger partial charge in [0.15, 0.2) is 5.82 Å². The van der Waals surface area contributed by atoms with Crippen molar-refractivity contribution < 1.29 is 18.8 Å². The molecule has 4 rings (SSSR count). The lowest BCUT2D eigenvalue weighted by Crippen LogP contribution is -2.13. The summed E-state index contributed by atoms with van der Waals surface area (Å²) < 4.78 is 21.5. The molecule has 1 N–H and O–H groups in total. The SMILES string of the molecule is Cc1cc(OCc2cccc(C(=O)Nc3cc(C)n(Cc4c(F)cccc4Cl)n3)c2)ccc1[N+](=O)[O-]. The monoisotopic (exact) mass is 508 g/mol. The van der Waals surface area contributed by atoms with Crippen molar-refractivity contribution in [3.05, 3.63) is 116 Å². The van der Waals surface area contributed by atoms with Crippen molar-refractivity contribution in [2.45, 2.75) is 27.0 Å². The van der Waals surface area contributed by atoms with E-state index in [1.807, 2.05) is 6.07 Å². The van der Waals surface area contributed by atoms with Crippen LogP contribution < -0.4 is 10.1 Å². The minimum Gasteiger partial charge on any atom is -0.489 e. The third-order valence-corrected chi connectivity index (χ3v) is 5.91. The Labute approximate surface area is 211 Å². The lowest BCUT2D eigenvalue weighted by molar-refractivity contribution is -0.385. The summed E-state index contributed by atoms with van der Waals surface area (Å²) in [5, 5.41) is 18.4. The summed E-state index contributed by atoms with van der Waals surface area (Å²) in [5.74, 6) is 0.0272. The van der Waals surface area contributed by atoms with E-state index < -0.39 is 10.7 Å². The van der Waals surface area contributed by atoms with Crippen LogP contribution in [0, 0.1) is 29.8 Å². The molecule has 0 aliphatic heterocycles. The number of aromatic nitrogens is 2. The zero-order valence-corrected chi connectivity index (χ0v) is 20.3. The molecule has 0 saturated carbocycles. The zero-order valence-electron chi connectivity index (χ0n) is 19.5. The highest BCUT2D eigenvalue weighted by Crippen LogP contribution is 2.24. The molecule has 36 heavy (non-hydrogen) atoms. The first kappa shape index (κ1) is 24.9. The van der Waals surface area contributed by atoms with Gasteiger partial charge in [-0.3, -0.25) is 19.6 Å². The lowest BCUT2D eigenvalue weighted by atomic mass is 10.1. The highest BCUT2D eigenvalue weighted by Gasteiger charge is 2.14. The minimum atomic E-state index is -0.444. The molecule has 0 fully saturated rings. The van der Waals surface area contributed by atoms with Crippen LogP contribution in [-0.2, 0) is 13.2 Å². The molecule has 1 aromatic heterocycles. The number of ether oxygens (including phenoxy) is 1. The van der Waals surface area contributed by atoms with E-state index in [0.717, 1.165) is 11.3 Å². The Morgan fingerprint density at radius 2 is 1.92 bits per heavy atom. The van der Waals surface area contributed by atoms with Crippen LogP contribution in [-0.4, -0.2) is 20.6 Å². The number of aryl methyl sites for hydroxylation is 2. The topological polar surface area (TPSA) is 99.3 Å². The maximum absolute atomic E-state index is 14.2. The van der Waals surface area contributed by atoms with Crippen LogP contribution in [0.4, 0.5) is 15.9 Å². The Morgan fingerprint density at radius 1 is 1.14 bits per heavy atom. The van der Waals surface area contributed by atoms with Crippen molar-refractivity contribution >= 4 is 29.0 Å². The Kier molecular flexibility index (Phi) is 7.30. The van der Waals surface area contributed by atoms with Crippen LogP contribution >= 0.6 is 11.6 Å². The van der Waals surface area contributed by atoms with E-state index in [4.69, 9.17) is 16.3 Å². The van der Waals surface area contributed by atoms with Crippen molar-refractivity contribution in [3.8, 4) is 5.75 Å². The molecular weight excluding hydrogens is 487 g/mol. The van der Waals surface area contributed by atoms with Crippen molar-refractivity contribution in [1.82, 2.24) is 9.78 Å². The van der Waals surface area contributed by atoms with Gasteiger partial charge in [0.25, 0.3) is 11.6 Å². The zero-order chi connectivity index (χ0) is 25.8. The van der Waals surface area contributed by atoms with E-state index in [1.54, 1.807) is 54.9 Å². The molecule has 1 amide bonds. The summed E-state index contributed by atoms with van der Waals surface area (Å²) in [5.41, 5.74) is 2.72. The number of hydrogen-bond donors (Lipinski definition) is 1. The van der Waals surface area contributed by atoms with Gasteiger partial charge in [0.2, 0.25) is 0 Å². The molecule has 184 valence electrons. The minimum absolute atomic E-state index is 0.0238. The number of nitro groups is 1. The third-order valence-electron chi connectivity index (χ3n) is 5.55. The number of nitrogens with zero attached hydrogens (tertiary/aromatic N) is 3. The highest BCUT2D eigenvalue weighted by atomic mass is 35.5. The summed E-state index contributed by atoms with van der Waals surface area (Å²) in [6.07, 6.45) is 0. The Bertz CT molecular complexity index is 1430. The van der Waals surface area contributed by atoms with E-state index in [2.05, 4.69) is 10.4 Å². The highest BCUT2D eigenvalue weighted by molar-refractivity contribution is 6.31. The molecule has 0 spiro atoms. The number of nitro benzene ring substituents is 1. The summed E-state index contributed by atoms with van der Waals surface area (Å²) in [6.45, 7) is 3.75. The number of carbonyl (C=O) groups excluding carboxylic acids is 1. The molecule has 8 nitrogen and oxygen atoms in total. The van der Waals surface area contributed by atoms with Gasteiger partial charge in [-0.2, -0.15) is 5.10 Å². The van der Waals surface area contributed by atoms with Crippen molar-refractivity contribution in [1.29, 1.82) is 0 Å². The van der Waals surface area contributed by atoms with Gasteiger partial charge in [0, 0.05) is 39.5 Å². The van der Waals surface area contributed by atoms with Gasteiger partial charge in [-0.25, -0.2) is 4.39 Å². The first-order valence-corrected chi connectivity index (χ1v) is 11.3. The quantitative estimate of drug-likeness (QED) is 0.230. The predicted molar refractivity (Wildman–Crippen MR) is 134 cm³/mol. The van der Waals surface area contributed by atoms with Gasteiger partial charge in [-0.1, -0.05) is 29.8 Å². The maximum atomic E-state index is 14.2. The molecule has 0 atom stereocenters. The van der Waals surface area contributed by atoms with E-state index in [1.165, 1.54) is 24.3 Å². The smallest absolute Gasteiger partial charge is 0.272 e. The standard InChI is InChI=1S/C26H22ClFN4O4/c1-16-11-20(9-10-24(16)32(34)35)36-15-18-5-3-6-19(13-18)26(33)29-25-12-17(2)31(30-25)14-21-22(27)7-4-8-23(21)28/h3-13H,14-15H2,1-2H3,(H,29,30,33). The molecule has 0 aliphatic rings. The van der Waals surface area contributed by atoms with Crippen molar-refractivity contribution in [2.75, 3.05) is 5.32 Å². The van der Waals surface area contributed by atoms with Gasteiger partial charge < -0.3 is 10.1 Å². The number of nitrogens with one attached hydrogen (secondary N) is 1. The van der Waals surface area contributed by atoms with E-state index >= 15 is 0 Å². The number of amides is 1. The fourth-order valence-electron chi connectivity index (χ4n) is 3.64. The average Bonchev–Trinajstić information content (AvgIpc) is 3.18. The van der Waals surface area contributed by atoms with Crippen LogP contribution in [0.2, 0.25) is 5.02 Å². The molecule has 0 bridgehead atoms. The number of anilines is 1. The van der Waals surface area contributed by atoms with Crippen LogP contribution in [0.3, 0.4) is 0 Å². The Morgan fingerprint density at radius 3 is 2.64 bits per heavy atom. The molecule has 0 aliphatic carbocycles. The second-order valence-electron chi connectivity index (χ2n) is 8.18. The van der Waals surface area contributed by atoms with Crippen LogP contribution in [0.15, 0.2) is 66.7 Å². The summed E-state index contributed by atoms with van der Waals surface area (Å²) in [4.78, 5) is 23.4. The first-order valence-electron chi connectivity index (χ1n) is 11.0. The van der Waals surface area contributed by atoms with Gasteiger partial charge in [0.1, 0.15) is 18.2 Å². The number of benzene rings is 3. The van der Waals surface area contributed by atoms with Gasteiger partial charge >= 0.3 is 0 Å². The van der Waals surface area contributed by atoms with Crippen molar-refractivity contribution in [3.63, 3.8) is 0 Å². The Balaban J connectivity index is 1.42. The van der Waals surface area contributed by atoms with Crippen LogP contribution in [0.25, 0.3) is 0 Å². The van der Waals surface area contributed by atoms with Crippen molar-refractivity contribution in [2.24, 2.45) is 0 Å². The summed E-state index contributed by atoms with van der Waals surface area (Å²) in [7, 11) is 0. The first-order chi connectivity index (χ1) is 17.2. The summed E-state index contributed by atoms with van der Waals surface area (Å²) >= 11 is 6.12. The normalized spacial score (nSPS) is 10.8. The van der Waals surface area contributed by atoms with Crippen LogP contribution in [0.1, 0.15) is 32.7 Å². The molecular formula is C26H22ClFN4O4. The molecule has 0 unspecified atom stereocenters. The second-order valence-corrected chi connectivity index (χ2v) is 8.58. The molecule has 0 radical (unpaired) electrons. The number of carbonyl (C=O) groups is 1. The molecule has 3 aromatic carbocycles. The second kappa shape index (κ2) is 10.6. The van der Waals surface area contributed by atoms with E-state index in [9.17, 15) is 19.3 Å². The molecule has 1 heterocycles. The average molecular weight is 509 g/mol. The largest absolute Gasteiger partial charge is 0.489 e. The third kappa shape index (κ3) is 5.69. The van der Waals surface area contributed by atoms with Gasteiger partial charge in [0.05, 0.1) is 11.5 Å². The van der Waals surface area contributed by atoms with Gasteiger partial charge in [-0.15, -0.1) is 0 Å². The molecule has 10 heteroatoms. The summed E-state index contributed by atoms with van der Waals surface area (Å²) in [6, 6.07) is 17.6. The van der Waals surface area contributed by atoms with E-state index in [-0.39, 0.29) is 24.7 Å². The Hall–Kier alpha value is -4.24. The molecule has 0 saturated heterocycles. The van der Waals surface area contributed by atoms with E-state index in [0.29, 0.717) is 33.3 Å². The number of halogens is 2. The maximum Gasteiger partial charge on any atom is 0.272 e. The predicted octanol–water partition coefficient (Wildman–Crippen LogP) is 6.08.